The van der Waals surface area contributed by atoms with Gasteiger partial charge in [0.2, 0.25) is 0 Å². The van der Waals surface area contributed by atoms with Crippen LogP contribution >= 0.6 is 0 Å². The average Bonchev–Trinajstić information content (AvgIpc) is 2.81. The Bertz CT molecular complexity index is 494. The summed E-state index contributed by atoms with van der Waals surface area (Å²) in [6.45, 7) is 1.51. The lowest BCUT2D eigenvalue weighted by molar-refractivity contribution is 0.147. The van der Waals surface area contributed by atoms with Crippen LogP contribution in [0.2, 0.25) is 0 Å². The van der Waals surface area contributed by atoms with Crippen LogP contribution in [0.5, 0.6) is 0 Å². The molecule has 0 bridgehead atoms. The normalized spacial score (nSPS) is 19.3. The van der Waals surface area contributed by atoms with E-state index in [-0.39, 0.29) is 12.4 Å². The summed E-state index contributed by atoms with van der Waals surface area (Å²) in [5.74, 6) is 1.17. The van der Waals surface area contributed by atoms with Crippen LogP contribution in [-0.2, 0) is 21.0 Å². The number of hydrogen-bond acceptors (Lipinski definition) is 5. The topological polar surface area (TPSA) is 68.5 Å². The zero-order chi connectivity index (χ0) is 13.7. The van der Waals surface area contributed by atoms with Gasteiger partial charge in [-0.15, -0.1) is 0 Å². The Morgan fingerprint density at radius 2 is 2.32 bits per heavy atom. The van der Waals surface area contributed by atoms with Crippen LogP contribution in [0.1, 0.15) is 30.2 Å². The van der Waals surface area contributed by atoms with E-state index in [4.69, 9.17) is 9.15 Å². The third-order valence-electron chi connectivity index (χ3n) is 3.29. The Kier molecular flexibility index (Phi) is 5.01. The molecule has 1 aromatic heterocycles. The van der Waals surface area contributed by atoms with Crippen molar-refractivity contribution in [1.29, 1.82) is 0 Å². The second kappa shape index (κ2) is 6.54. The second-order valence-corrected chi connectivity index (χ2v) is 7.20. The van der Waals surface area contributed by atoms with E-state index in [9.17, 15) is 8.42 Å². The summed E-state index contributed by atoms with van der Waals surface area (Å²) in [4.78, 5) is 0. The van der Waals surface area contributed by atoms with E-state index in [0.29, 0.717) is 12.6 Å². The largest absolute Gasteiger partial charge is 0.469 e. The maximum atomic E-state index is 10.9. The van der Waals surface area contributed by atoms with Gasteiger partial charge in [0.05, 0.1) is 25.2 Å². The second-order valence-electron chi connectivity index (χ2n) is 4.94. The van der Waals surface area contributed by atoms with E-state index in [1.54, 1.807) is 6.26 Å². The zero-order valence-corrected chi connectivity index (χ0v) is 12.0. The average molecular weight is 287 g/mol. The summed E-state index contributed by atoms with van der Waals surface area (Å²) in [5, 5.41) is 3.43. The Hall–Kier alpha value is -0.850. The minimum atomic E-state index is -2.92. The van der Waals surface area contributed by atoms with Crippen molar-refractivity contribution in [3.8, 4) is 0 Å². The number of aryl methyl sites for hydroxylation is 1. The van der Waals surface area contributed by atoms with Crippen molar-refractivity contribution in [2.45, 2.75) is 25.3 Å². The van der Waals surface area contributed by atoms with Crippen LogP contribution in [0.25, 0.3) is 0 Å². The van der Waals surface area contributed by atoms with Crippen molar-refractivity contribution in [1.82, 2.24) is 5.32 Å². The van der Waals surface area contributed by atoms with Gasteiger partial charge in [-0.1, -0.05) is 0 Å². The van der Waals surface area contributed by atoms with E-state index in [2.05, 4.69) is 5.32 Å². The molecule has 0 amide bonds. The molecule has 19 heavy (non-hydrogen) atoms. The van der Waals surface area contributed by atoms with Gasteiger partial charge in [-0.3, -0.25) is 0 Å². The standard InChI is InChI=1S/C13H21NO4S/c1-19(15,16)10-9-17-8-6-14-12-3-2-4-13-11(12)5-7-18-13/h5,7,12,14H,2-4,6,8-10H2,1H3/t12-/m1/s1. The molecule has 108 valence electrons. The van der Waals surface area contributed by atoms with Crippen LogP contribution < -0.4 is 5.32 Å². The lowest BCUT2D eigenvalue weighted by Gasteiger charge is -2.22. The molecule has 0 saturated heterocycles. The lowest BCUT2D eigenvalue weighted by atomic mass is 9.93. The van der Waals surface area contributed by atoms with Gasteiger partial charge in [-0.25, -0.2) is 8.42 Å². The predicted molar refractivity (Wildman–Crippen MR) is 72.9 cm³/mol. The molecule has 0 aromatic carbocycles. The van der Waals surface area contributed by atoms with Crippen LogP contribution in [0.3, 0.4) is 0 Å². The Morgan fingerprint density at radius 3 is 3.11 bits per heavy atom. The van der Waals surface area contributed by atoms with Crippen molar-refractivity contribution in [3.63, 3.8) is 0 Å². The Balaban J connectivity index is 1.65. The molecule has 0 unspecified atom stereocenters. The molecule has 1 atom stereocenters. The Morgan fingerprint density at radius 1 is 1.47 bits per heavy atom. The van der Waals surface area contributed by atoms with E-state index >= 15 is 0 Å². The van der Waals surface area contributed by atoms with Crippen molar-refractivity contribution in [3.05, 3.63) is 23.7 Å². The van der Waals surface area contributed by atoms with E-state index in [1.165, 1.54) is 11.8 Å². The maximum Gasteiger partial charge on any atom is 0.149 e. The van der Waals surface area contributed by atoms with Gasteiger partial charge in [-0.05, 0) is 18.9 Å². The first-order valence-electron chi connectivity index (χ1n) is 6.61. The van der Waals surface area contributed by atoms with Crippen LogP contribution in [-0.4, -0.2) is 40.2 Å². The Labute approximate surface area is 114 Å². The summed E-state index contributed by atoms with van der Waals surface area (Å²) in [6, 6.07) is 2.36. The highest BCUT2D eigenvalue weighted by molar-refractivity contribution is 7.90. The van der Waals surface area contributed by atoms with Gasteiger partial charge in [-0.2, -0.15) is 0 Å². The lowest BCUT2D eigenvalue weighted by Crippen LogP contribution is -2.28. The molecule has 1 N–H and O–H groups in total. The monoisotopic (exact) mass is 287 g/mol. The van der Waals surface area contributed by atoms with E-state index in [1.807, 2.05) is 6.07 Å². The first-order valence-corrected chi connectivity index (χ1v) is 8.67. The van der Waals surface area contributed by atoms with E-state index < -0.39 is 9.84 Å². The minimum Gasteiger partial charge on any atom is -0.469 e. The summed E-state index contributed by atoms with van der Waals surface area (Å²) in [5.41, 5.74) is 1.25. The molecule has 1 heterocycles. The molecule has 6 heteroatoms. The molecule has 0 aliphatic heterocycles. The number of rotatable bonds is 7. The smallest absolute Gasteiger partial charge is 0.149 e. The highest BCUT2D eigenvalue weighted by Crippen LogP contribution is 2.30. The SMILES string of the molecule is CS(=O)(=O)CCOCCN[C@@H]1CCCc2occc21. The molecule has 0 fully saturated rings. The van der Waals surface area contributed by atoms with Gasteiger partial charge < -0.3 is 14.5 Å². The molecule has 0 radical (unpaired) electrons. The third kappa shape index (κ3) is 4.63. The number of nitrogens with one attached hydrogen (secondary N) is 1. The number of fused-ring (bicyclic) bond motifs is 1. The molecule has 1 aliphatic rings. The first kappa shape index (κ1) is 14.6. The first-order chi connectivity index (χ1) is 9.06. The fourth-order valence-corrected chi connectivity index (χ4v) is 2.74. The molecule has 0 saturated carbocycles. The van der Waals surface area contributed by atoms with Gasteiger partial charge in [0.1, 0.15) is 15.6 Å². The number of sulfone groups is 1. The number of hydrogen-bond donors (Lipinski definition) is 1. The summed E-state index contributed by atoms with van der Waals surface area (Å²) in [6.07, 6.45) is 6.22. The van der Waals surface area contributed by atoms with Crippen molar-refractivity contribution in [2.24, 2.45) is 0 Å². The molecule has 5 nitrogen and oxygen atoms in total. The maximum absolute atomic E-state index is 10.9. The fourth-order valence-electron chi connectivity index (χ4n) is 2.32. The predicted octanol–water partition coefficient (Wildman–Crippen LogP) is 1.31. The van der Waals surface area contributed by atoms with Gasteiger partial charge >= 0.3 is 0 Å². The highest BCUT2D eigenvalue weighted by atomic mass is 32.2. The van der Waals surface area contributed by atoms with Gasteiger partial charge in [0.25, 0.3) is 0 Å². The van der Waals surface area contributed by atoms with Crippen molar-refractivity contribution < 1.29 is 17.6 Å². The van der Waals surface area contributed by atoms with Crippen LogP contribution in [0.4, 0.5) is 0 Å². The fraction of sp³-hybridized carbons (Fsp3) is 0.692. The van der Waals surface area contributed by atoms with Crippen molar-refractivity contribution >= 4 is 9.84 Å². The highest BCUT2D eigenvalue weighted by Gasteiger charge is 2.21. The van der Waals surface area contributed by atoms with Gasteiger partial charge in [0.15, 0.2) is 0 Å². The zero-order valence-electron chi connectivity index (χ0n) is 11.2. The molecule has 2 rings (SSSR count). The molecule has 1 aromatic rings. The number of ether oxygens (including phenoxy) is 1. The molecule has 0 spiro atoms. The number of furan rings is 1. The third-order valence-corrected chi connectivity index (χ3v) is 4.20. The molecular formula is C13H21NO4S. The minimum absolute atomic E-state index is 0.0856. The van der Waals surface area contributed by atoms with Gasteiger partial charge in [0, 0.05) is 30.8 Å². The summed E-state index contributed by atoms with van der Waals surface area (Å²) in [7, 11) is -2.92. The van der Waals surface area contributed by atoms with Crippen molar-refractivity contribution in [2.75, 3.05) is 31.8 Å². The van der Waals surface area contributed by atoms with Crippen LogP contribution in [0, 0.1) is 0 Å². The quantitative estimate of drug-likeness (QED) is 0.766. The van der Waals surface area contributed by atoms with Crippen LogP contribution in [0.15, 0.2) is 16.7 Å². The summed E-state index contributed by atoms with van der Waals surface area (Å²) < 4.78 is 32.6. The molecular weight excluding hydrogens is 266 g/mol. The molecule has 1 aliphatic carbocycles. The summed E-state index contributed by atoms with van der Waals surface area (Å²) >= 11 is 0. The van der Waals surface area contributed by atoms with E-state index in [0.717, 1.165) is 31.6 Å².